The number of ether oxygens (including phenoxy) is 1. The van der Waals surface area contributed by atoms with Crippen LogP contribution in [0.25, 0.3) is 0 Å². The Balaban J connectivity index is 1.64. The summed E-state index contributed by atoms with van der Waals surface area (Å²) < 4.78 is 28.3. The van der Waals surface area contributed by atoms with Crippen LogP contribution >= 0.6 is 0 Å². The topological polar surface area (TPSA) is 58.6 Å². The molecule has 0 atom stereocenters. The Morgan fingerprint density at radius 2 is 1.94 bits per heavy atom. The Morgan fingerprint density at radius 3 is 2.72 bits per heavy atom. The molecule has 2 fully saturated rings. The van der Waals surface area contributed by atoms with Crippen LogP contribution in [0.5, 0.6) is 0 Å². The van der Waals surface area contributed by atoms with E-state index in [4.69, 9.17) is 4.74 Å². The second kappa shape index (κ2) is 6.84. The summed E-state index contributed by atoms with van der Waals surface area (Å²) >= 11 is 0. The van der Waals surface area contributed by atoms with Crippen molar-refractivity contribution in [1.82, 2.24) is 10.2 Å². The van der Waals surface area contributed by atoms with E-state index in [0.717, 1.165) is 52.1 Å². The highest BCUT2D eigenvalue weighted by Gasteiger charge is 2.19. The van der Waals surface area contributed by atoms with Crippen molar-refractivity contribution >= 4 is 9.84 Å². The maximum atomic E-state index is 11.5. The zero-order valence-electron chi connectivity index (χ0n) is 10.9. The van der Waals surface area contributed by atoms with E-state index in [-0.39, 0.29) is 0 Å². The van der Waals surface area contributed by atoms with Crippen molar-refractivity contribution in [3.8, 4) is 0 Å². The molecule has 0 aliphatic carbocycles. The largest absolute Gasteiger partial charge is 0.381 e. The van der Waals surface area contributed by atoms with E-state index in [1.54, 1.807) is 0 Å². The lowest BCUT2D eigenvalue weighted by Gasteiger charge is -2.25. The Kier molecular flexibility index (Phi) is 5.41. The van der Waals surface area contributed by atoms with E-state index in [1.165, 1.54) is 0 Å². The van der Waals surface area contributed by atoms with Crippen molar-refractivity contribution in [2.24, 2.45) is 0 Å². The van der Waals surface area contributed by atoms with Crippen LogP contribution in [0.3, 0.4) is 0 Å². The van der Waals surface area contributed by atoms with Crippen LogP contribution in [-0.4, -0.2) is 70.3 Å². The van der Waals surface area contributed by atoms with Gasteiger partial charge in [-0.2, -0.15) is 0 Å². The summed E-state index contributed by atoms with van der Waals surface area (Å²) in [5.74, 6) is 0.682. The number of nitrogens with zero attached hydrogens (tertiary/aromatic N) is 1. The van der Waals surface area contributed by atoms with E-state index < -0.39 is 9.84 Å². The highest BCUT2D eigenvalue weighted by Crippen LogP contribution is 2.07. The van der Waals surface area contributed by atoms with Gasteiger partial charge in [0.1, 0.15) is 0 Å². The average Bonchev–Trinajstić information content (AvgIpc) is 2.52. The molecule has 0 saturated carbocycles. The Bertz CT molecular complexity index is 339. The van der Waals surface area contributed by atoms with Crippen LogP contribution in [0.15, 0.2) is 0 Å². The molecule has 0 unspecified atom stereocenters. The third-order valence-electron chi connectivity index (χ3n) is 3.73. The molecule has 18 heavy (non-hydrogen) atoms. The lowest BCUT2D eigenvalue weighted by atomic mass is 10.1. The molecule has 2 rings (SSSR count). The van der Waals surface area contributed by atoms with Gasteiger partial charge in [-0.1, -0.05) is 0 Å². The molecule has 2 saturated heterocycles. The summed E-state index contributed by atoms with van der Waals surface area (Å²) in [7, 11) is -2.78. The second-order valence-corrected chi connectivity index (χ2v) is 7.49. The summed E-state index contributed by atoms with van der Waals surface area (Å²) in [6, 6.07) is 0.578. The number of rotatable bonds is 4. The van der Waals surface area contributed by atoms with Crippen molar-refractivity contribution in [1.29, 1.82) is 0 Å². The van der Waals surface area contributed by atoms with E-state index >= 15 is 0 Å². The smallest absolute Gasteiger partial charge is 0.151 e. The van der Waals surface area contributed by atoms with Gasteiger partial charge in [-0.05, 0) is 25.8 Å². The van der Waals surface area contributed by atoms with Crippen molar-refractivity contribution < 1.29 is 13.2 Å². The van der Waals surface area contributed by atoms with E-state index in [2.05, 4.69) is 10.2 Å². The molecule has 106 valence electrons. The summed E-state index contributed by atoms with van der Waals surface area (Å²) in [6.07, 6.45) is 2.96. The molecule has 0 aromatic carbocycles. The maximum absolute atomic E-state index is 11.5. The lowest BCUT2D eigenvalue weighted by molar-refractivity contribution is 0.0773. The Labute approximate surface area is 110 Å². The molecule has 1 N–H and O–H groups in total. The van der Waals surface area contributed by atoms with Crippen LogP contribution < -0.4 is 5.32 Å². The molecule has 6 heteroatoms. The summed E-state index contributed by atoms with van der Waals surface area (Å²) in [5, 5.41) is 3.54. The lowest BCUT2D eigenvalue weighted by Crippen LogP contribution is -2.40. The first-order valence-corrected chi connectivity index (χ1v) is 8.72. The highest BCUT2D eigenvalue weighted by atomic mass is 32.2. The monoisotopic (exact) mass is 276 g/mol. The van der Waals surface area contributed by atoms with Crippen molar-refractivity contribution in [2.45, 2.75) is 25.3 Å². The van der Waals surface area contributed by atoms with Gasteiger partial charge in [-0.25, -0.2) is 8.42 Å². The number of sulfone groups is 1. The average molecular weight is 276 g/mol. The first-order valence-electron chi connectivity index (χ1n) is 6.90. The highest BCUT2D eigenvalue weighted by molar-refractivity contribution is 7.91. The molecule has 5 nitrogen and oxygen atoms in total. The minimum atomic E-state index is -2.78. The van der Waals surface area contributed by atoms with Crippen LogP contribution in [0.4, 0.5) is 0 Å². The van der Waals surface area contributed by atoms with Crippen LogP contribution in [0.1, 0.15) is 19.3 Å². The van der Waals surface area contributed by atoms with Crippen molar-refractivity contribution in [2.75, 3.05) is 50.9 Å². The van der Waals surface area contributed by atoms with Gasteiger partial charge in [0.25, 0.3) is 0 Å². The molecule has 0 bridgehead atoms. The molecular formula is C12H24N2O3S. The Hall–Kier alpha value is -0.170. The van der Waals surface area contributed by atoms with Crippen molar-refractivity contribution in [3.05, 3.63) is 0 Å². The minimum Gasteiger partial charge on any atom is -0.381 e. The van der Waals surface area contributed by atoms with Gasteiger partial charge in [-0.15, -0.1) is 0 Å². The third kappa shape index (κ3) is 4.84. The second-order valence-electron chi connectivity index (χ2n) is 5.19. The van der Waals surface area contributed by atoms with Crippen LogP contribution in [0.2, 0.25) is 0 Å². The van der Waals surface area contributed by atoms with Gasteiger partial charge in [0, 0.05) is 38.9 Å². The first-order chi connectivity index (χ1) is 8.66. The van der Waals surface area contributed by atoms with Gasteiger partial charge < -0.3 is 15.0 Å². The summed E-state index contributed by atoms with van der Waals surface area (Å²) in [6.45, 7) is 5.23. The molecule has 2 aliphatic heterocycles. The molecule has 0 aromatic rings. The molecule has 0 radical (unpaired) electrons. The molecule has 0 spiro atoms. The fraction of sp³-hybridized carbons (Fsp3) is 1.00. The quantitative estimate of drug-likeness (QED) is 0.775. The van der Waals surface area contributed by atoms with Gasteiger partial charge >= 0.3 is 0 Å². The molecule has 0 aromatic heterocycles. The molecule has 0 amide bonds. The number of hydrogen-bond acceptors (Lipinski definition) is 5. The normalized spacial score (nSPS) is 26.9. The zero-order valence-corrected chi connectivity index (χ0v) is 11.8. The predicted molar refractivity (Wildman–Crippen MR) is 71.6 cm³/mol. The van der Waals surface area contributed by atoms with Crippen molar-refractivity contribution in [3.63, 3.8) is 0 Å². The van der Waals surface area contributed by atoms with Crippen LogP contribution in [-0.2, 0) is 14.6 Å². The zero-order chi connectivity index (χ0) is 12.8. The molecular weight excluding hydrogens is 252 g/mol. The third-order valence-corrected chi connectivity index (χ3v) is 5.45. The Morgan fingerprint density at radius 1 is 1.17 bits per heavy atom. The van der Waals surface area contributed by atoms with E-state index in [0.29, 0.717) is 24.1 Å². The number of hydrogen-bond donors (Lipinski definition) is 1. The standard InChI is InChI=1S/C12H24N2O3S/c15-18(16)10-1-5-14(7-11-18)6-4-13-12-2-8-17-9-3-12/h12-13H,1-11H2. The summed E-state index contributed by atoms with van der Waals surface area (Å²) in [5.41, 5.74) is 0. The predicted octanol–water partition coefficient (Wildman–Crippen LogP) is -0.124. The van der Waals surface area contributed by atoms with Gasteiger partial charge in [0.15, 0.2) is 9.84 Å². The molecule has 2 heterocycles. The van der Waals surface area contributed by atoms with Gasteiger partial charge in [0.2, 0.25) is 0 Å². The first kappa shape index (κ1) is 14.2. The fourth-order valence-corrected chi connectivity index (χ4v) is 3.85. The maximum Gasteiger partial charge on any atom is 0.151 e. The minimum absolute atomic E-state index is 0.324. The van der Waals surface area contributed by atoms with Crippen LogP contribution in [0, 0.1) is 0 Å². The number of nitrogens with one attached hydrogen (secondary N) is 1. The van der Waals surface area contributed by atoms with Gasteiger partial charge in [0.05, 0.1) is 11.5 Å². The summed E-state index contributed by atoms with van der Waals surface area (Å²) in [4.78, 5) is 2.26. The SMILES string of the molecule is O=S1(=O)CCCN(CCNC2CCOCC2)CC1. The molecule has 2 aliphatic rings. The van der Waals surface area contributed by atoms with E-state index in [1.807, 2.05) is 0 Å². The van der Waals surface area contributed by atoms with E-state index in [9.17, 15) is 8.42 Å². The fourth-order valence-electron chi connectivity index (χ4n) is 2.54. The van der Waals surface area contributed by atoms with Gasteiger partial charge in [-0.3, -0.25) is 0 Å².